The molecule has 0 radical (unpaired) electrons. The number of likely N-dealkylation sites (tertiary alicyclic amines) is 1. The third kappa shape index (κ3) is 5.99. The van der Waals surface area contributed by atoms with Gasteiger partial charge in [-0.25, -0.2) is 8.78 Å². The number of aliphatic hydroxyl groups is 1. The molecule has 1 aliphatic carbocycles. The predicted molar refractivity (Wildman–Crippen MR) is 143 cm³/mol. The van der Waals surface area contributed by atoms with E-state index in [1.54, 1.807) is 18.2 Å². The van der Waals surface area contributed by atoms with E-state index in [1.165, 1.54) is 12.1 Å². The van der Waals surface area contributed by atoms with Crippen LogP contribution in [0.25, 0.3) is 11.1 Å². The lowest BCUT2D eigenvalue weighted by Crippen LogP contribution is -2.50. The minimum atomic E-state index is -0.705. The van der Waals surface area contributed by atoms with Crippen LogP contribution < -0.4 is 15.4 Å². The lowest BCUT2D eigenvalue weighted by Gasteiger charge is -2.34. The molecule has 2 amide bonds. The Balaban J connectivity index is 1.29. The van der Waals surface area contributed by atoms with Gasteiger partial charge in [-0.3, -0.25) is 14.5 Å². The second-order valence-corrected chi connectivity index (χ2v) is 11.5. The standard InChI is InChI=1S/C30H35F2N3O5/c31-19-4-7-22(24(32)12-19)18-3-6-23-27(11-18)39-10-9-21-5-8-26(36)28(40-21)14-33-30(38)25-13-20(34-29(23)37)16-35(25)15-17-1-2-17/h3-4,6-7,11-12,17,20-21,25-26,28,36H,1-2,5,8-10,13-16H2,(H,33,38)(H,34,37)/t20-,21-,25-,26-,28+/m0/s1. The molecule has 4 bridgehead atoms. The van der Waals surface area contributed by atoms with E-state index in [9.17, 15) is 23.5 Å². The van der Waals surface area contributed by atoms with Crippen molar-refractivity contribution >= 4 is 11.8 Å². The Labute approximate surface area is 232 Å². The Hall–Kier alpha value is -3.08. The molecule has 3 fully saturated rings. The maximum absolute atomic E-state index is 14.6. The molecule has 10 heteroatoms. The number of carbonyl (C=O) groups is 2. The molecule has 2 aromatic carbocycles. The van der Waals surface area contributed by atoms with E-state index in [2.05, 4.69) is 15.5 Å². The zero-order valence-electron chi connectivity index (χ0n) is 22.3. The van der Waals surface area contributed by atoms with Crippen molar-refractivity contribution in [1.29, 1.82) is 0 Å². The first-order valence-corrected chi connectivity index (χ1v) is 14.2. The van der Waals surface area contributed by atoms with Gasteiger partial charge in [0.15, 0.2) is 0 Å². The van der Waals surface area contributed by atoms with Crippen LogP contribution in [0.3, 0.4) is 0 Å². The molecule has 2 saturated heterocycles. The van der Waals surface area contributed by atoms with Crippen molar-refractivity contribution in [2.75, 3.05) is 26.2 Å². The monoisotopic (exact) mass is 555 g/mol. The van der Waals surface area contributed by atoms with Crippen LogP contribution in [0, 0.1) is 17.6 Å². The lowest BCUT2D eigenvalue weighted by molar-refractivity contribution is -0.133. The molecule has 4 aliphatic rings. The smallest absolute Gasteiger partial charge is 0.255 e. The Morgan fingerprint density at radius 2 is 1.82 bits per heavy atom. The number of halogens is 2. The fourth-order valence-corrected chi connectivity index (χ4v) is 6.06. The van der Waals surface area contributed by atoms with Crippen molar-refractivity contribution in [3.63, 3.8) is 0 Å². The molecule has 3 N–H and O–H groups in total. The minimum Gasteiger partial charge on any atom is -0.493 e. The number of nitrogens with one attached hydrogen (secondary N) is 2. The maximum atomic E-state index is 14.6. The van der Waals surface area contributed by atoms with E-state index in [0.717, 1.165) is 25.5 Å². The quantitative estimate of drug-likeness (QED) is 0.539. The highest BCUT2D eigenvalue weighted by atomic mass is 19.1. The van der Waals surface area contributed by atoms with Gasteiger partial charge in [-0.1, -0.05) is 6.07 Å². The van der Waals surface area contributed by atoms with Gasteiger partial charge in [0.1, 0.15) is 23.5 Å². The fraction of sp³-hybridized carbons (Fsp3) is 0.533. The van der Waals surface area contributed by atoms with Crippen LogP contribution in [0.4, 0.5) is 8.78 Å². The summed E-state index contributed by atoms with van der Waals surface area (Å²) in [6.07, 6.45) is 3.10. The summed E-state index contributed by atoms with van der Waals surface area (Å²) in [6, 6.07) is 7.58. The normalized spacial score (nSPS) is 29.7. The highest BCUT2D eigenvalue weighted by Crippen LogP contribution is 2.34. The van der Waals surface area contributed by atoms with E-state index in [4.69, 9.17) is 9.47 Å². The first-order chi connectivity index (χ1) is 19.3. The van der Waals surface area contributed by atoms with Crippen molar-refractivity contribution in [3.8, 4) is 16.9 Å². The molecule has 3 aliphatic heterocycles. The van der Waals surface area contributed by atoms with Crippen molar-refractivity contribution in [2.45, 2.75) is 68.9 Å². The lowest BCUT2D eigenvalue weighted by atomic mass is 9.99. The number of hydrogen-bond donors (Lipinski definition) is 3. The molecule has 5 atom stereocenters. The Morgan fingerprint density at radius 3 is 2.62 bits per heavy atom. The van der Waals surface area contributed by atoms with E-state index >= 15 is 0 Å². The van der Waals surface area contributed by atoms with Gasteiger partial charge in [-0.2, -0.15) is 0 Å². The molecule has 1 saturated carbocycles. The zero-order valence-corrected chi connectivity index (χ0v) is 22.3. The molecule has 0 spiro atoms. The number of rotatable bonds is 3. The van der Waals surface area contributed by atoms with Crippen molar-refractivity contribution in [1.82, 2.24) is 15.5 Å². The van der Waals surface area contributed by atoms with Crippen molar-refractivity contribution in [2.24, 2.45) is 5.92 Å². The number of fused-ring (bicyclic) bond motifs is 5. The van der Waals surface area contributed by atoms with Crippen LogP contribution in [0.2, 0.25) is 0 Å². The van der Waals surface area contributed by atoms with Crippen LogP contribution in [0.5, 0.6) is 5.75 Å². The Kier molecular flexibility index (Phi) is 7.74. The first kappa shape index (κ1) is 27.1. The van der Waals surface area contributed by atoms with Crippen molar-refractivity contribution < 1.29 is 33.0 Å². The van der Waals surface area contributed by atoms with Gasteiger partial charge in [0.2, 0.25) is 5.91 Å². The topological polar surface area (TPSA) is 100 Å². The summed E-state index contributed by atoms with van der Waals surface area (Å²) in [7, 11) is 0. The molecule has 40 heavy (non-hydrogen) atoms. The summed E-state index contributed by atoms with van der Waals surface area (Å²) < 4.78 is 40.3. The number of aliphatic hydroxyl groups excluding tert-OH is 1. The molecule has 2 aromatic rings. The number of benzene rings is 2. The van der Waals surface area contributed by atoms with E-state index in [0.29, 0.717) is 55.0 Å². The SMILES string of the molecule is O=C1N[C@H]2C[C@@H](C(=O)NC[C@H]3O[C@H](CCOc4cc(-c5ccc(F)cc5F)ccc41)CC[C@@H]3O)N(CC1CC1)C2. The van der Waals surface area contributed by atoms with E-state index < -0.39 is 23.8 Å². The molecular weight excluding hydrogens is 520 g/mol. The van der Waals surface area contributed by atoms with Gasteiger partial charge >= 0.3 is 0 Å². The number of ether oxygens (including phenoxy) is 2. The second kappa shape index (κ2) is 11.4. The van der Waals surface area contributed by atoms with Crippen LogP contribution in [0.15, 0.2) is 36.4 Å². The highest BCUT2D eigenvalue weighted by molar-refractivity contribution is 5.98. The van der Waals surface area contributed by atoms with E-state index in [1.807, 2.05) is 0 Å². The van der Waals surface area contributed by atoms with Gasteiger partial charge in [-0.05, 0) is 67.9 Å². The summed E-state index contributed by atoms with van der Waals surface area (Å²) in [6.45, 7) is 1.81. The Morgan fingerprint density at radius 1 is 1.00 bits per heavy atom. The summed E-state index contributed by atoms with van der Waals surface area (Å²) in [5.41, 5.74) is 0.967. The minimum absolute atomic E-state index is 0.114. The van der Waals surface area contributed by atoms with Crippen molar-refractivity contribution in [3.05, 3.63) is 53.6 Å². The number of hydrogen-bond acceptors (Lipinski definition) is 6. The van der Waals surface area contributed by atoms with Crippen LogP contribution in [0.1, 0.15) is 48.9 Å². The third-order valence-corrected chi connectivity index (χ3v) is 8.45. The summed E-state index contributed by atoms with van der Waals surface area (Å²) in [5, 5.41) is 16.6. The first-order valence-electron chi connectivity index (χ1n) is 14.2. The number of amides is 2. The van der Waals surface area contributed by atoms with E-state index in [-0.39, 0.29) is 48.7 Å². The van der Waals surface area contributed by atoms with Gasteiger partial charge in [0.25, 0.3) is 5.91 Å². The van der Waals surface area contributed by atoms with Gasteiger partial charge in [0.05, 0.1) is 30.4 Å². The van der Waals surface area contributed by atoms with Gasteiger partial charge < -0.3 is 25.2 Å². The molecule has 6 rings (SSSR count). The molecule has 0 aromatic heterocycles. The van der Waals surface area contributed by atoms with Gasteiger partial charge in [-0.15, -0.1) is 0 Å². The molecule has 3 heterocycles. The average molecular weight is 556 g/mol. The second-order valence-electron chi connectivity index (χ2n) is 11.5. The Bertz CT molecular complexity index is 1270. The predicted octanol–water partition coefficient (Wildman–Crippen LogP) is 3.02. The summed E-state index contributed by atoms with van der Waals surface area (Å²) >= 11 is 0. The average Bonchev–Trinajstić information content (AvgIpc) is 3.66. The third-order valence-electron chi connectivity index (χ3n) is 8.45. The largest absolute Gasteiger partial charge is 0.493 e. The van der Waals surface area contributed by atoms with Crippen LogP contribution in [-0.4, -0.2) is 78.5 Å². The zero-order chi connectivity index (χ0) is 27.8. The number of carbonyl (C=O) groups excluding carboxylic acids is 2. The highest BCUT2D eigenvalue weighted by Gasteiger charge is 2.41. The molecule has 0 unspecified atom stereocenters. The van der Waals surface area contributed by atoms with Crippen LogP contribution >= 0.6 is 0 Å². The van der Waals surface area contributed by atoms with Gasteiger partial charge in [0, 0.05) is 43.7 Å². The maximum Gasteiger partial charge on any atom is 0.255 e. The molecule has 214 valence electrons. The number of nitrogens with zero attached hydrogens (tertiary/aromatic N) is 1. The molecular formula is C30H35F2N3O5. The van der Waals surface area contributed by atoms with Crippen LogP contribution in [-0.2, 0) is 9.53 Å². The fourth-order valence-electron chi connectivity index (χ4n) is 6.06. The summed E-state index contributed by atoms with van der Waals surface area (Å²) in [5.74, 6) is -0.955. The summed E-state index contributed by atoms with van der Waals surface area (Å²) in [4.78, 5) is 28.9. The molecule has 8 nitrogen and oxygen atoms in total.